The first-order chi connectivity index (χ1) is 13.6. The lowest BCUT2D eigenvalue weighted by atomic mass is 10.2. The van der Waals surface area contributed by atoms with Crippen molar-refractivity contribution >= 4 is 41.3 Å². The second-order valence-electron chi connectivity index (χ2n) is 7.07. The van der Waals surface area contributed by atoms with Gasteiger partial charge in [0.25, 0.3) is 0 Å². The molecule has 162 valence electrons. The number of aryl methyl sites for hydroxylation is 4. The molecule has 0 atom stereocenters. The molecular formula is C19H32IN7OS. The van der Waals surface area contributed by atoms with E-state index in [2.05, 4.69) is 46.5 Å². The Morgan fingerprint density at radius 2 is 2.10 bits per heavy atom. The van der Waals surface area contributed by atoms with Gasteiger partial charge in [-0.2, -0.15) is 5.10 Å². The van der Waals surface area contributed by atoms with Crippen LogP contribution in [-0.4, -0.2) is 44.9 Å². The Hall–Kier alpha value is -1.43. The molecule has 0 aromatic carbocycles. The van der Waals surface area contributed by atoms with Crippen LogP contribution in [0.2, 0.25) is 0 Å². The van der Waals surface area contributed by atoms with Gasteiger partial charge in [-0.1, -0.05) is 0 Å². The molecule has 2 N–H and O–H groups in total. The van der Waals surface area contributed by atoms with Crippen molar-refractivity contribution in [3.8, 4) is 0 Å². The lowest BCUT2D eigenvalue weighted by molar-refractivity contribution is 0.509. The molecular weight excluding hydrogens is 501 g/mol. The number of guanidine groups is 1. The highest BCUT2D eigenvalue weighted by Gasteiger charge is 2.16. The third kappa shape index (κ3) is 6.53. The molecule has 0 saturated carbocycles. The molecule has 0 saturated heterocycles. The summed E-state index contributed by atoms with van der Waals surface area (Å²) in [5.74, 6) is 1.74. The van der Waals surface area contributed by atoms with Crippen LogP contribution in [0.4, 0.5) is 0 Å². The summed E-state index contributed by atoms with van der Waals surface area (Å²) in [6.07, 6.45) is 4.78. The van der Waals surface area contributed by atoms with Crippen molar-refractivity contribution in [2.24, 2.45) is 4.99 Å². The van der Waals surface area contributed by atoms with Gasteiger partial charge in [-0.15, -0.1) is 35.3 Å². The van der Waals surface area contributed by atoms with Crippen molar-refractivity contribution < 1.29 is 0 Å². The molecule has 0 spiro atoms. The molecule has 8 nitrogen and oxygen atoms in total. The lowest BCUT2D eigenvalue weighted by Gasteiger charge is -2.10. The Balaban J connectivity index is 0.00000300. The molecule has 0 unspecified atom stereocenters. The van der Waals surface area contributed by atoms with E-state index in [1.807, 2.05) is 4.57 Å². The Labute approximate surface area is 193 Å². The number of nitrogens with one attached hydrogen (secondary N) is 2. The van der Waals surface area contributed by atoms with Crippen molar-refractivity contribution in [3.05, 3.63) is 31.9 Å². The average molecular weight is 533 g/mol. The van der Waals surface area contributed by atoms with E-state index in [-0.39, 0.29) is 29.7 Å². The first-order valence-corrected chi connectivity index (χ1v) is 11.0. The largest absolute Gasteiger partial charge is 0.357 e. The molecule has 3 heterocycles. The Morgan fingerprint density at radius 3 is 2.79 bits per heavy atom. The molecule has 1 aliphatic heterocycles. The summed E-state index contributed by atoms with van der Waals surface area (Å²) in [7, 11) is 0. The van der Waals surface area contributed by atoms with Crippen LogP contribution < -0.4 is 16.3 Å². The predicted molar refractivity (Wildman–Crippen MR) is 129 cm³/mol. The fourth-order valence-corrected chi connectivity index (χ4v) is 4.21. The van der Waals surface area contributed by atoms with Gasteiger partial charge in [-0.3, -0.25) is 9.56 Å². The molecule has 0 amide bonds. The highest BCUT2D eigenvalue weighted by Crippen LogP contribution is 2.16. The summed E-state index contributed by atoms with van der Waals surface area (Å²) in [4.78, 5) is 22.8. The van der Waals surface area contributed by atoms with E-state index < -0.39 is 0 Å². The summed E-state index contributed by atoms with van der Waals surface area (Å²) in [6, 6.07) is 0. The van der Waals surface area contributed by atoms with Gasteiger partial charge >= 0.3 is 5.69 Å². The molecule has 1 aliphatic rings. The first kappa shape index (κ1) is 23.8. The number of thiazole rings is 1. The Bertz CT molecular complexity index is 851. The number of aliphatic imine (C=N–C) groups is 1. The molecule has 0 radical (unpaired) electrons. The minimum Gasteiger partial charge on any atom is -0.357 e. The van der Waals surface area contributed by atoms with Crippen LogP contribution >= 0.6 is 35.3 Å². The second-order valence-corrected chi connectivity index (χ2v) is 8.36. The molecule has 3 rings (SSSR count). The number of fused-ring (bicyclic) bond motifs is 1. The highest BCUT2D eigenvalue weighted by molar-refractivity contribution is 14.0. The van der Waals surface area contributed by atoms with Crippen LogP contribution in [0.5, 0.6) is 0 Å². The highest BCUT2D eigenvalue weighted by atomic mass is 127. The molecule has 2 aromatic rings. The van der Waals surface area contributed by atoms with Crippen LogP contribution in [0.3, 0.4) is 0 Å². The first-order valence-electron chi connectivity index (χ1n) is 10.2. The summed E-state index contributed by atoms with van der Waals surface area (Å²) >= 11 is 1.76. The van der Waals surface area contributed by atoms with Gasteiger partial charge < -0.3 is 10.6 Å². The number of hydrogen-bond acceptors (Lipinski definition) is 5. The zero-order valence-electron chi connectivity index (χ0n) is 17.5. The third-order valence-corrected chi connectivity index (χ3v) is 6.01. The van der Waals surface area contributed by atoms with E-state index >= 15 is 0 Å². The van der Waals surface area contributed by atoms with Crippen LogP contribution in [-0.2, 0) is 25.9 Å². The van der Waals surface area contributed by atoms with Gasteiger partial charge in [0.1, 0.15) is 5.82 Å². The van der Waals surface area contributed by atoms with Gasteiger partial charge in [-0.05, 0) is 40.0 Å². The quantitative estimate of drug-likeness (QED) is 0.235. The van der Waals surface area contributed by atoms with Crippen LogP contribution in [0.1, 0.15) is 47.6 Å². The molecule has 0 fully saturated rings. The van der Waals surface area contributed by atoms with E-state index in [9.17, 15) is 4.79 Å². The van der Waals surface area contributed by atoms with Crippen molar-refractivity contribution in [1.29, 1.82) is 0 Å². The third-order valence-electron chi connectivity index (χ3n) is 4.88. The maximum atomic E-state index is 12.3. The average Bonchev–Trinajstić information content (AvgIpc) is 3.18. The molecule has 2 aromatic heterocycles. The summed E-state index contributed by atoms with van der Waals surface area (Å²) in [5.41, 5.74) is 1.15. The van der Waals surface area contributed by atoms with E-state index in [4.69, 9.17) is 0 Å². The molecule has 0 aliphatic carbocycles. The van der Waals surface area contributed by atoms with Crippen LogP contribution in [0.25, 0.3) is 0 Å². The van der Waals surface area contributed by atoms with Gasteiger partial charge in [0.05, 0.1) is 10.7 Å². The molecule has 10 heteroatoms. The van der Waals surface area contributed by atoms with Crippen molar-refractivity contribution in [2.45, 2.75) is 66.0 Å². The number of aromatic nitrogens is 4. The van der Waals surface area contributed by atoms with E-state index in [0.717, 1.165) is 74.2 Å². The number of rotatable bonds is 8. The number of halogens is 1. The zero-order valence-corrected chi connectivity index (χ0v) is 20.7. The minimum absolute atomic E-state index is 0. The standard InChI is InChI=1S/C19H31N7OS.HI/c1-4-20-18(22-11-9-17-23-14(2)15(3)28-17)21-10-7-13-26-19(27)25-12-6-5-8-16(25)24-26;/h4-13H2,1-3H3,(H2,20,21,22);1H. The monoisotopic (exact) mass is 533 g/mol. The van der Waals surface area contributed by atoms with Gasteiger partial charge in [0.2, 0.25) is 0 Å². The fraction of sp³-hybridized carbons (Fsp3) is 0.684. The molecule has 0 bridgehead atoms. The van der Waals surface area contributed by atoms with Crippen molar-refractivity contribution in [1.82, 2.24) is 30.0 Å². The number of nitrogens with zero attached hydrogens (tertiary/aromatic N) is 5. The minimum atomic E-state index is 0. The SMILES string of the molecule is CCNC(=NCCCn1nc2n(c1=O)CCCC2)NCCc1nc(C)c(C)s1.I. The smallest absolute Gasteiger partial charge is 0.345 e. The van der Waals surface area contributed by atoms with E-state index in [1.165, 1.54) is 4.88 Å². The normalized spacial score (nSPS) is 13.7. The lowest BCUT2D eigenvalue weighted by Crippen LogP contribution is -2.38. The van der Waals surface area contributed by atoms with E-state index in [1.54, 1.807) is 16.0 Å². The second kappa shape index (κ2) is 11.7. The Kier molecular flexibility index (Phi) is 9.60. The maximum Gasteiger partial charge on any atom is 0.345 e. The summed E-state index contributed by atoms with van der Waals surface area (Å²) in [5, 5.41) is 12.3. The van der Waals surface area contributed by atoms with Crippen LogP contribution in [0.15, 0.2) is 9.79 Å². The number of hydrogen-bond donors (Lipinski definition) is 2. The maximum absolute atomic E-state index is 12.3. The van der Waals surface area contributed by atoms with Gasteiger partial charge in [-0.25, -0.2) is 14.5 Å². The van der Waals surface area contributed by atoms with Crippen molar-refractivity contribution in [3.63, 3.8) is 0 Å². The van der Waals surface area contributed by atoms with Gasteiger partial charge in [0.15, 0.2) is 5.96 Å². The van der Waals surface area contributed by atoms with Crippen LogP contribution in [0, 0.1) is 13.8 Å². The molecule has 29 heavy (non-hydrogen) atoms. The van der Waals surface area contributed by atoms with E-state index in [0.29, 0.717) is 13.1 Å². The zero-order chi connectivity index (χ0) is 19.9. The summed E-state index contributed by atoms with van der Waals surface area (Å²) < 4.78 is 3.42. The topological polar surface area (TPSA) is 89.1 Å². The Morgan fingerprint density at radius 1 is 1.28 bits per heavy atom. The van der Waals surface area contributed by atoms with Crippen molar-refractivity contribution in [2.75, 3.05) is 19.6 Å². The fourth-order valence-electron chi connectivity index (χ4n) is 3.28. The predicted octanol–water partition coefficient (Wildman–Crippen LogP) is 2.26. The van der Waals surface area contributed by atoms with Gasteiger partial charge in [0, 0.05) is 50.4 Å². The summed E-state index contributed by atoms with van der Waals surface area (Å²) in [6.45, 7) is 9.89.